The van der Waals surface area contributed by atoms with E-state index in [0.717, 1.165) is 25.7 Å². The highest BCUT2D eigenvalue weighted by Crippen LogP contribution is 2.34. The van der Waals surface area contributed by atoms with Gasteiger partial charge in [-0.15, -0.1) is 0 Å². The largest absolute Gasteiger partial charge is 0.414 e. The first kappa shape index (κ1) is 16.9. The molecule has 2 nitrogen and oxygen atoms in total. The lowest BCUT2D eigenvalue weighted by atomic mass is 9.97. The van der Waals surface area contributed by atoms with Crippen LogP contribution in [0.3, 0.4) is 0 Å². The molecular weight excluding hydrogens is 252 g/mol. The van der Waals surface area contributed by atoms with Crippen molar-refractivity contribution in [2.45, 2.75) is 91.0 Å². The number of unbranched alkanes of at least 4 members (excludes halogenated alkanes) is 1. The second-order valence-electron chi connectivity index (χ2n) is 7.65. The van der Waals surface area contributed by atoms with Gasteiger partial charge in [0.2, 0.25) is 0 Å². The van der Waals surface area contributed by atoms with E-state index in [1.807, 2.05) is 0 Å². The first-order valence-electron chi connectivity index (χ1n) is 7.94. The van der Waals surface area contributed by atoms with Gasteiger partial charge in [-0.1, -0.05) is 40.5 Å². The van der Waals surface area contributed by atoms with Crippen LogP contribution >= 0.6 is 0 Å². The number of ketones is 1. The maximum atomic E-state index is 11.3. The second-order valence-corrected chi connectivity index (χ2v) is 11.6. The molecular formula is C16H32O2Si. The van der Waals surface area contributed by atoms with Gasteiger partial charge >= 0.3 is 0 Å². The first-order valence-corrected chi connectivity index (χ1v) is 10.8. The van der Waals surface area contributed by atoms with E-state index in [-0.39, 0.29) is 0 Å². The Morgan fingerprint density at radius 1 is 1.26 bits per heavy atom. The summed E-state index contributed by atoms with van der Waals surface area (Å²) >= 11 is 0. The normalized spacial score (nSPS) is 21.4. The zero-order valence-electron chi connectivity index (χ0n) is 13.6. The van der Waals surface area contributed by atoms with Crippen LogP contribution in [0.15, 0.2) is 0 Å². The highest BCUT2D eigenvalue weighted by molar-refractivity contribution is 6.72. The van der Waals surface area contributed by atoms with E-state index in [2.05, 4.69) is 34.2 Å². The Bertz CT molecular complexity index is 286. The molecule has 0 amide bonds. The lowest BCUT2D eigenvalue weighted by Gasteiger charge is -2.38. The minimum Gasteiger partial charge on any atom is -0.414 e. The van der Waals surface area contributed by atoms with E-state index in [9.17, 15) is 4.79 Å². The van der Waals surface area contributed by atoms with Crippen molar-refractivity contribution >= 4 is 14.1 Å². The van der Waals surface area contributed by atoms with Crippen LogP contribution < -0.4 is 0 Å². The molecule has 0 aromatic rings. The van der Waals surface area contributed by atoms with Crippen LogP contribution in [0.2, 0.25) is 18.6 Å². The fourth-order valence-electron chi connectivity index (χ4n) is 3.30. The lowest BCUT2D eigenvalue weighted by molar-refractivity contribution is -0.121. The van der Waals surface area contributed by atoms with Gasteiger partial charge in [0.05, 0.1) is 0 Å². The van der Waals surface area contributed by atoms with Crippen molar-refractivity contribution < 1.29 is 9.22 Å². The summed E-state index contributed by atoms with van der Waals surface area (Å²) in [6, 6.07) is 2.50. The Labute approximate surface area is 120 Å². The molecule has 1 aliphatic rings. The number of carbonyl (C=O) groups excluding carboxylic acids is 1. The Hall–Kier alpha value is -0.153. The molecule has 0 radical (unpaired) electrons. The second kappa shape index (κ2) is 7.03. The average Bonchev–Trinajstić information content (AvgIpc) is 2.27. The summed E-state index contributed by atoms with van der Waals surface area (Å²) in [6.07, 6.45) is 6.27. The molecule has 112 valence electrons. The van der Waals surface area contributed by atoms with E-state index in [1.54, 1.807) is 0 Å². The molecule has 1 unspecified atom stereocenters. The summed E-state index contributed by atoms with van der Waals surface area (Å²) in [7, 11) is -1.63. The van der Waals surface area contributed by atoms with Crippen LogP contribution in [0.25, 0.3) is 0 Å². The van der Waals surface area contributed by atoms with Crippen molar-refractivity contribution in [3.05, 3.63) is 0 Å². The summed E-state index contributed by atoms with van der Waals surface area (Å²) in [5.41, 5.74) is 0.346. The Kier molecular flexibility index (Phi) is 6.25. The first-order chi connectivity index (χ1) is 8.74. The number of hydrogen-bond donors (Lipinski definition) is 0. The summed E-state index contributed by atoms with van der Waals surface area (Å²) in [5, 5.41) is 0. The SMILES string of the molecule is CCCC[Si](C)(CC(C)(C)C)OC1CCC(=O)CC1. The lowest BCUT2D eigenvalue weighted by Crippen LogP contribution is -2.42. The molecule has 1 saturated carbocycles. The number of carbonyl (C=O) groups is 1. The summed E-state index contributed by atoms with van der Waals surface area (Å²) in [4.78, 5) is 11.3. The van der Waals surface area contributed by atoms with E-state index in [1.165, 1.54) is 24.9 Å². The van der Waals surface area contributed by atoms with Crippen LogP contribution in [0.5, 0.6) is 0 Å². The van der Waals surface area contributed by atoms with Gasteiger partial charge < -0.3 is 4.43 Å². The Balaban J connectivity index is 2.60. The van der Waals surface area contributed by atoms with Gasteiger partial charge in [0.1, 0.15) is 5.78 Å². The molecule has 1 fully saturated rings. The molecule has 3 heteroatoms. The molecule has 0 aliphatic heterocycles. The van der Waals surface area contributed by atoms with E-state index >= 15 is 0 Å². The third kappa shape index (κ3) is 6.71. The van der Waals surface area contributed by atoms with E-state index in [0.29, 0.717) is 17.3 Å². The predicted octanol–water partition coefficient (Wildman–Crippen LogP) is 4.94. The molecule has 0 spiro atoms. The van der Waals surface area contributed by atoms with Crippen molar-refractivity contribution in [1.29, 1.82) is 0 Å². The third-order valence-corrected chi connectivity index (χ3v) is 8.03. The summed E-state index contributed by atoms with van der Waals surface area (Å²) in [5.74, 6) is 0.424. The summed E-state index contributed by atoms with van der Waals surface area (Å²) < 4.78 is 6.59. The average molecular weight is 285 g/mol. The minimum atomic E-state index is -1.63. The van der Waals surface area contributed by atoms with Gasteiger partial charge in [0.25, 0.3) is 0 Å². The van der Waals surface area contributed by atoms with Gasteiger partial charge in [-0.05, 0) is 36.9 Å². The van der Waals surface area contributed by atoms with Gasteiger partial charge in [-0.2, -0.15) is 0 Å². The number of hydrogen-bond acceptors (Lipinski definition) is 2. The quantitative estimate of drug-likeness (QED) is 0.646. The van der Waals surface area contributed by atoms with Gasteiger partial charge in [0.15, 0.2) is 8.32 Å². The van der Waals surface area contributed by atoms with Crippen molar-refractivity contribution in [2.24, 2.45) is 5.41 Å². The zero-order chi connectivity index (χ0) is 14.5. The van der Waals surface area contributed by atoms with Gasteiger partial charge in [0, 0.05) is 18.9 Å². The zero-order valence-corrected chi connectivity index (χ0v) is 14.6. The van der Waals surface area contributed by atoms with Crippen LogP contribution in [-0.4, -0.2) is 20.2 Å². The smallest absolute Gasteiger partial charge is 0.190 e. The van der Waals surface area contributed by atoms with Gasteiger partial charge in [-0.3, -0.25) is 4.79 Å². The standard InChI is InChI=1S/C16H32O2Si/c1-6-7-12-19(5,13-16(2,3)4)18-15-10-8-14(17)9-11-15/h15H,6-13H2,1-5H3. The van der Waals surface area contributed by atoms with Crippen molar-refractivity contribution in [3.63, 3.8) is 0 Å². The van der Waals surface area contributed by atoms with Gasteiger partial charge in [-0.25, -0.2) is 0 Å². The Morgan fingerprint density at radius 3 is 2.32 bits per heavy atom. The molecule has 0 N–H and O–H groups in total. The molecule has 0 heterocycles. The fourth-order valence-corrected chi connectivity index (χ4v) is 8.06. The van der Waals surface area contributed by atoms with Crippen LogP contribution in [0.4, 0.5) is 0 Å². The maximum Gasteiger partial charge on any atom is 0.190 e. The minimum absolute atomic E-state index is 0.346. The van der Waals surface area contributed by atoms with Crippen molar-refractivity contribution in [1.82, 2.24) is 0 Å². The number of Topliss-reactive ketones (excluding diaryl/α,β-unsaturated/α-hetero) is 1. The van der Waals surface area contributed by atoms with Crippen molar-refractivity contribution in [2.75, 3.05) is 0 Å². The summed E-state index contributed by atoms with van der Waals surface area (Å²) in [6.45, 7) is 11.6. The van der Waals surface area contributed by atoms with Crippen LogP contribution in [0.1, 0.15) is 66.2 Å². The molecule has 0 aromatic heterocycles. The molecule has 19 heavy (non-hydrogen) atoms. The predicted molar refractivity (Wildman–Crippen MR) is 83.9 cm³/mol. The van der Waals surface area contributed by atoms with Crippen LogP contribution in [0, 0.1) is 5.41 Å². The highest BCUT2D eigenvalue weighted by atomic mass is 28.4. The molecule has 1 rings (SSSR count). The van der Waals surface area contributed by atoms with E-state index in [4.69, 9.17) is 4.43 Å². The third-order valence-electron chi connectivity index (χ3n) is 3.90. The molecule has 1 aliphatic carbocycles. The van der Waals surface area contributed by atoms with Crippen LogP contribution in [-0.2, 0) is 9.22 Å². The van der Waals surface area contributed by atoms with Crippen molar-refractivity contribution in [3.8, 4) is 0 Å². The molecule has 0 bridgehead atoms. The molecule has 0 saturated heterocycles. The number of rotatable bonds is 6. The fraction of sp³-hybridized carbons (Fsp3) is 0.938. The molecule has 1 atom stereocenters. The van der Waals surface area contributed by atoms with E-state index < -0.39 is 8.32 Å². The Morgan fingerprint density at radius 2 is 1.84 bits per heavy atom. The molecule has 0 aromatic carbocycles. The monoisotopic (exact) mass is 284 g/mol. The maximum absolute atomic E-state index is 11.3. The highest BCUT2D eigenvalue weighted by Gasteiger charge is 2.36. The topological polar surface area (TPSA) is 26.3 Å².